The van der Waals surface area contributed by atoms with E-state index < -0.39 is 0 Å². The summed E-state index contributed by atoms with van der Waals surface area (Å²) in [6, 6.07) is 9.62. The Labute approximate surface area is 135 Å². The fourth-order valence-corrected chi connectivity index (χ4v) is 3.51. The largest absolute Gasteiger partial charge is 0.356 e. The third-order valence-electron chi connectivity index (χ3n) is 3.81. The molecule has 22 heavy (non-hydrogen) atoms. The summed E-state index contributed by atoms with van der Waals surface area (Å²) in [5, 5.41) is 5.58. The second kappa shape index (κ2) is 6.91. The van der Waals surface area contributed by atoms with Gasteiger partial charge in [-0.2, -0.15) is 0 Å². The minimum atomic E-state index is -0.0996. The first kappa shape index (κ1) is 15.0. The van der Waals surface area contributed by atoms with Crippen LogP contribution in [0.25, 0.3) is 0 Å². The van der Waals surface area contributed by atoms with Gasteiger partial charge in [-0.1, -0.05) is 35.9 Å². The summed E-state index contributed by atoms with van der Waals surface area (Å²) < 4.78 is 0. The van der Waals surface area contributed by atoms with Gasteiger partial charge in [0.2, 0.25) is 0 Å². The number of rotatable bonds is 2. The van der Waals surface area contributed by atoms with Gasteiger partial charge in [0.25, 0.3) is 5.91 Å². The van der Waals surface area contributed by atoms with Crippen molar-refractivity contribution in [2.45, 2.75) is 24.5 Å². The molecular formula is C17H19N3OS. The van der Waals surface area contributed by atoms with Crippen LogP contribution in [0.5, 0.6) is 0 Å². The molecule has 5 heteroatoms. The van der Waals surface area contributed by atoms with E-state index in [0.29, 0.717) is 0 Å². The van der Waals surface area contributed by atoms with Crippen LogP contribution in [0, 0.1) is 11.8 Å². The van der Waals surface area contributed by atoms with Crippen LogP contribution in [-0.2, 0) is 4.79 Å². The first-order valence-corrected chi connectivity index (χ1v) is 8.36. The predicted octanol–water partition coefficient (Wildman–Crippen LogP) is 2.01. The monoisotopic (exact) mass is 313 g/mol. The van der Waals surface area contributed by atoms with Crippen LogP contribution >= 0.6 is 11.8 Å². The number of likely N-dealkylation sites (tertiary alicyclic amines) is 1. The lowest BCUT2D eigenvalue weighted by Crippen LogP contribution is -2.50. The molecule has 114 valence electrons. The maximum absolute atomic E-state index is 12.4. The second-order valence-corrected chi connectivity index (χ2v) is 6.37. The summed E-state index contributed by atoms with van der Waals surface area (Å²) in [5.41, 5.74) is 1.07. The van der Waals surface area contributed by atoms with Gasteiger partial charge in [-0.3, -0.25) is 10.1 Å². The van der Waals surface area contributed by atoms with E-state index in [1.54, 1.807) is 11.8 Å². The Balaban J connectivity index is 1.63. The third kappa shape index (κ3) is 3.46. The molecule has 0 bridgehead atoms. The van der Waals surface area contributed by atoms with Gasteiger partial charge in [0, 0.05) is 31.3 Å². The van der Waals surface area contributed by atoms with Crippen molar-refractivity contribution in [2.24, 2.45) is 0 Å². The third-order valence-corrected chi connectivity index (χ3v) is 4.81. The van der Waals surface area contributed by atoms with Crippen molar-refractivity contribution in [3.05, 3.63) is 47.5 Å². The normalized spacial score (nSPS) is 23.5. The minimum absolute atomic E-state index is 0.0671. The highest BCUT2D eigenvalue weighted by atomic mass is 32.2. The molecule has 1 N–H and O–H groups in total. The highest BCUT2D eigenvalue weighted by molar-refractivity contribution is 8.02. The highest BCUT2D eigenvalue weighted by Gasteiger charge is 2.31. The van der Waals surface area contributed by atoms with Crippen molar-refractivity contribution in [2.75, 3.05) is 13.6 Å². The summed E-state index contributed by atoms with van der Waals surface area (Å²) in [6.45, 7) is 0.772. The molecule has 2 atom stereocenters. The Hall–Kier alpha value is -1.90. The van der Waals surface area contributed by atoms with E-state index in [1.807, 2.05) is 48.5 Å². The zero-order valence-corrected chi connectivity index (χ0v) is 13.3. The Morgan fingerprint density at radius 2 is 2.18 bits per heavy atom. The quantitative estimate of drug-likeness (QED) is 0.847. The second-order valence-electron chi connectivity index (χ2n) is 5.38. The molecule has 0 aromatic heterocycles. The molecular weight excluding hydrogens is 294 g/mol. The van der Waals surface area contributed by atoms with E-state index in [2.05, 4.69) is 27.5 Å². The molecule has 0 aliphatic carbocycles. The Morgan fingerprint density at radius 3 is 2.91 bits per heavy atom. The number of carbonyl (C=O) groups excluding carboxylic acids is 1. The zero-order valence-electron chi connectivity index (χ0n) is 12.5. The van der Waals surface area contributed by atoms with Crippen molar-refractivity contribution >= 4 is 17.7 Å². The summed E-state index contributed by atoms with van der Waals surface area (Å²) in [7, 11) is 2.03. The molecule has 2 aliphatic heterocycles. The van der Waals surface area contributed by atoms with Gasteiger partial charge in [0.05, 0.1) is 6.17 Å². The van der Waals surface area contributed by atoms with Crippen molar-refractivity contribution < 1.29 is 4.79 Å². The van der Waals surface area contributed by atoms with E-state index in [-0.39, 0.29) is 17.6 Å². The maximum atomic E-state index is 12.4. The SMILES string of the molecule is CN1C=CSC1NC1CCCN1C(=O)C#Cc1ccccc1. The van der Waals surface area contributed by atoms with Crippen molar-refractivity contribution in [3.63, 3.8) is 0 Å². The number of nitrogens with one attached hydrogen (secondary N) is 1. The topological polar surface area (TPSA) is 35.6 Å². The zero-order chi connectivity index (χ0) is 15.4. The van der Waals surface area contributed by atoms with E-state index in [1.165, 1.54) is 0 Å². The van der Waals surface area contributed by atoms with Gasteiger partial charge < -0.3 is 9.80 Å². The van der Waals surface area contributed by atoms with Gasteiger partial charge in [-0.05, 0) is 30.4 Å². The van der Waals surface area contributed by atoms with E-state index in [4.69, 9.17) is 0 Å². The fraction of sp³-hybridized carbons (Fsp3) is 0.353. The summed E-state index contributed by atoms with van der Waals surface area (Å²) in [5.74, 6) is 5.62. The first-order chi connectivity index (χ1) is 10.7. The number of hydrogen-bond acceptors (Lipinski definition) is 4. The Kier molecular flexibility index (Phi) is 4.71. The number of benzene rings is 1. The van der Waals surface area contributed by atoms with Crippen LogP contribution < -0.4 is 5.32 Å². The Morgan fingerprint density at radius 1 is 1.36 bits per heavy atom. The van der Waals surface area contributed by atoms with Crippen molar-refractivity contribution in [1.29, 1.82) is 0 Å². The molecule has 0 radical (unpaired) electrons. The predicted molar refractivity (Wildman–Crippen MR) is 89.5 cm³/mol. The lowest BCUT2D eigenvalue weighted by molar-refractivity contribution is -0.126. The average Bonchev–Trinajstić information content (AvgIpc) is 3.16. The minimum Gasteiger partial charge on any atom is -0.356 e. The number of hydrogen-bond donors (Lipinski definition) is 1. The van der Waals surface area contributed by atoms with Crippen LogP contribution in [0.15, 0.2) is 41.9 Å². The molecule has 0 spiro atoms. The van der Waals surface area contributed by atoms with Gasteiger partial charge in [0.1, 0.15) is 5.50 Å². The summed E-state index contributed by atoms with van der Waals surface area (Å²) >= 11 is 1.72. The van der Waals surface area contributed by atoms with Crippen molar-refractivity contribution in [3.8, 4) is 11.8 Å². The molecule has 1 saturated heterocycles. The number of amides is 1. The standard InChI is InChI=1S/C17H19N3OS/c1-19-12-13-22-17(19)18-15-8-5-11-20(15)16(21)10-9-14-6-3-2-4-7-14/h2-4,6-7,12-13,15,17-18H,5,8,11H2,1H3. The Bertz CT molecular complexity index is 620. The smallest absolute Gasteiger partial charge is 0.300 e. The lowest BCUT2D eigenvalue weighted by Gasteiger charge is -2.29. The number of thioether (sulfide) groups is 1. The summed E-state index contributed by atoms with van der Waals surface area (Å²) in [4.78, 5) is 16.3. The van der Waals surface area contributed by atoms with Crippen LogP contribution in [-0.4, -0.2) is 41.0 Å². The molecule has 1 fully saturated rings. The maximum Gasteiger partial charge on any atom is 0.300 e. The van der Waals surface area contributed by atoms with Crippen molar-refractivity contribution in [1.82, 2.24) is 15.1 Å². The van der Waals surface area contributed by atoms with E-state index in [9.17, 15) is 4.79 Å². The molecule has 2 unspecified atom stereocenters. The number of carbonyl (C=O) groups is 1. The molecule has 2 aliphatic rings. The van der Waals surface area contributed by atoms with Crippen LogP contribution in [0.2, 0.25) is 0 Å². The van der Waals surface area contributed by atoms with Gasteiger partial charge in [0.15, 0.2) is 0 Å². The molecule has 3 rings (SSSR count). The van der Waals surface area contributed by atoms with Crippen LogP contribution in [0.3, 0.4) is 0 Å². The number of nitrogens with zero attached hydrogens (tertiary/aromatic N) is 2. The molecule has 1 amide bonds. The molecule has 0 saturated carbocycles. The van der Waals surface area contributed by atoms with E-state index in [0.717, 1.165) is 24.9 Å². The van der Waals surface area contributed by atoms with Crippen LogP contribution in [0.1, 0.15) is 18.4 Å². The average molecular weight is 313 g/mol. The lowest BCUT2D eigenvalue weighted by atomic mass is 10.2. The molecule has 1 aromatic rings. The molecule has 2 heterocycles. The van der Waals surface area contributed by atoms with Crippen LogP contribution in [0.4, 0.5) is 0 Å². The fourth-order valence-electron chi connectivity index (χ4n) is 2.60. The van der Waals surface area contributed by atoms with E-state index >= 15 is 0 Å². The first-order valence-electron chi connectivity index (χ1n) is 7.42. The van der Waals surface area contributed by atoms with Gasteiger partial charge in [-0.25, -0.2) is 0 Å². The molecule has 1 aromatic carbocycles. The van der Waals surface area contributed by atoms with Gasteiger partial charge >= 0.3 is 0 Å². The molecule has 4 nitrogen and oxygen atoms in total. The van der Waals surface area contributed by atoms with Gasteiger partial charge in [-0.15, -0.1) is 0 Å². The highest BCUT2D eigenvalue weighted by Crippen LogP contribution is 2.24. The summed E-state index contributed by atoms with van der Waals surface area (Å²) in [6.07, 6.45) is 4.10.